The van der Waals surface area contributed by atoms with E-state index in [-0.39, 0.29) is 57.3 Å². The fraction of sp³-hybridized carbons (Fsp3) is 0.866. The van der Waals surface area contributed by atoms with Crippen molar-refractivity contribution in [3.63, 3.8) is 0 Å². The summed E-state index contributed by atoms with van der Waals surface area (Å²) in [6.45, 7) is 23.9. The van der Waals surface area contributed by atoms with Crippen molar-refractivity contribution in [3.05, 3.63) is 29.3 Å². The van der Waals surface area contributed by atoms with Gasteiger partial charge in [-0.2, -0.15) is 8.78 Å². The molecule has 1 aliphatic rings. The molecule has 0 aliphatic carbocycles. The Kier molecular flexibility index (Phi) is 68.7. The first-order valence-corrected chi connectivity index (χ1v) is 35.3. The van der Waals surface area contributed by atoms with E-state index < -0.39 is 47.5 Å². The Hall–Kier alpha value is -3.65. The molecule has 1 atom stereocenters. The number of likely N-dealkylation sites (tertiary alicyclic amines) is 1. The number of nitrogens with one attached hydrogen (secondary N) is 1. The largest absolute Gasteiger partial charge is 0.420 e. The average molecular weight is 1490 g/mol. The molecule has 0 spiro atoms. The van der Waals surface area contributed by atoms with Crippen LogP contribution in [0.5, 0.6) is 5.75 Å². The quantitative estimate of drug-likeness (QED) is 0.0322. The van der Waals surface area contributed by atoms with E-state index in [0.717, 1.165) is 25.9 Å². The molecule has 1 aromatic carbocycles. The summed E-state index contributed by atoms with van der Waals surface area (Å²) in [5, 5.41) is 2.74. The number of rotatable bonds is 81. The molecule has 2 amide bonds. The summed E-state index contributed by atoms with van der Waals surface area (Å²) in [6, 6.07) is -0.507. The molecule has 1 saturated heterocycles. The smallest absolute Gasteiger partial charge is 0.313 e. The number of hydrogen-bond donors (Lipinski definition) is 1. The molecule has 35 heteroatoms. The maximum atomic E-state index is 13.6. The van der Waals surface area contributed by atoms with Crippen LogP contribution >= 0.6 is 0 Å². The second kappa shape index (κ2) is 74.2. The molecule has 1 aromatic rings. The number of halogens is 4. The van der Waals surface area contributed by atoms with E-state index in [1.807, 2.05) is 0 Å². The zero-order valence-electron chi connectivity index (χ0n) is 60.1. The highest BCUT2D eigenvalue weighted by molar-refractivity contribution is 5.87. The van der Waals surface area contributed by atoms with Gasteiger partial charge in [-0.1, -0.05) is 0 Å². The standard InChI is InChI=1S/C67H118F4N2O29/c1-59(67(76)73-6-2-3-7-73)72-62(74)4-8-77-10-12-79-14-16-81-18-20-83-22-24-85-26-28-87-30-32-89-34-36-91-38-40-93-42-44-95-46-48-97-50-52-99-54-56-101-57-55-100-53-51-98-49-47-96-45-43-94-41-39-92-37-35-90-33-31-88-29-27-86-25-23-84-21-19-82-17-15-80-13-11-78-9-5-63(75)102-66-64(70)60(68)58-61(69)65(66)71/h58-59H,2-57H2,1H3,(H,72,74)/t59-/m1/s1. The van der Waals surface area contributed by atoms with Gasteiger partial charge in [-0.05, 0) is 19.8 Å². The van der Waals surface area contributed by atoms with Gasteiger partial charge in [0.2, 0.25) is 29.2 Å². The molecule has 0 aromatic heterocycles. The van der Waals surface area contributed by atoms with Crippen molar-refractivity contribution in [1.82, 2.24) is 10.2 Å². The lowest BCUT2D eigenvalue weighted by atomic mass is 10.2. The van der Waals surface area contributed by atoms with Crippen LogP contribution in [-0.4, -0.2) is 372 Å². The van der Waals surface area contributed by atoms with Crippen molar-refractivity contribution in [2.75, 3.05) is 343 Å². The van der Waals surface area contributed by atoms with Gasteiger partial charge in [0.25, 0.3) is 0 Å². The number of amides is 2. The van der Waals surface area contributed by atoms with Crippen molar-refractivity contribution in [3.8, 4) is 5.75 Å². The van der Waals surface area contributed by atoms with Crippen LogP contribution in [0.4, 0.5) is 17.6 Å². The van der Waals surface area contributed by atoms with Gasteiger partial charge in [0.15, 0.2) is 11.6 Å². The predicted octanol–water partition coefficient (Wildman–Crippen LogP) is 2.47. The number of nitrogens with zero attached hydrogens (tertiary/aromatic N) is 1. The van der Waals surface area contributed by atoms with Crippen molar-refractivity contribution >= 4 is 17.8 Å². The zero-order chi connectivity index (χ0) is 73.2. The van der Waals surface area contributed by atoms with Gasteiger partial charge in [0.1, 0.15) is 6.04 Å². The minimum atomic E-state index is -1.80. The van der Waals surface area contributed by atoms with Gasteiger partial charge in [0.05, 0.1) is 337 Å². The van der Waals surface area contributed by atoms with Gasteiger partial charge in [-0.15, -0.1) is 0 Å². The summed E-state index contributed by atoms with van der Waals surface area (Å²) in [5.41, 5.74) is 0. The molecule has 1 heterocycles. The first kappa shape index (κ1) is 94.4. The number of esters is 1. The second-order valence-corrected chi connectivity index (χ2v) is 21.4. The molecular weight excluding hydrogens is 1370 g/mol. The molecule has 2 rings (SSSR count). The lowest BCUT2D eigenvalue weighted by molar-refractivity contribution is -0.136. The van der Waals surface area contributed by atoms with Crippen LogP contribution < -0.4 is 10.1 Å². The molecule has 0 saturated carbocycles. The Balaban J connectivity index is 1.10. The van der Waals surface area contributed by atoms with E-state index in [4.69, 9.17) is 118 Å². The summed E-state index contributed by atoms with van der Waals surface area (Å²) < 4.78 is 195. The van der Waals surface area contributed by atoms with Gasteiger partial charge in [0, 0.05) is 25.6 Å². The fourth-order valence-electron chi connectivity index (χ4n) is 8.09. The topological polar surface area (TPSA) is 306 Å². The predicted molar refractivity (Wildman–Crippen MR) is 355 cm³/mol. The van der Waals surface area contributed by atoms with Gasteiger partial charge in [-0.25, -0.2) is 8.78 Å². The molecule has 31 nitrogen and oxygen atoms in total. The van der Waals surface area contributed by atoms with E-state index >= 15 is 0 Å². The number of benzene rings is 1. The minimum Gasteiger partial charge on any atom is -0.420 e. The summed E-state index contributed by atoms with van der Waals surface area (Å²) in [7, 11) is 0. The van der Waals surface area contributed by atoms with Crippen molar-refractivity contribution in [2.45, 2.75) is 38.6 Å². The van der Waals surface area contributed by atoms with Crippen LogP contribution in [0.3, 0.4) is 0 Å². The third-order valence-electron chi connectivity index (χ3n) is 13.3. The maximum absolute atomic E-state index is 13.6. The Morgan fingerprint density at radius 2 is 0.480 bits per heavy atom. The molecule has 1 N–H and O–H groups in total. The monoisotopic (exact) mass is 1490 g/mol. The number of ether oxygens (including phenoxy) is 26. The van der Waals surface area contributed by atoms with E-state index in [9.17, 15) is 31.9 Å². The Morgan fingerprint density at radius 1 is 0.304 bits per heavy atom. The first-order valence-electron chi connectivity index (χ1n) is 35.3. The van der Waals surface area contributed by atoms with E-state index in [2.05, 4.69) is 10.1 Å². The highest BCUT2D eigenvalue weighted by atomic mass is 19.2. The summed E-state index contributed by atoms with van der Waals surface area (Å²) in [6.07, 6.45) is 1.82. The zero-order valence-corrected chi connectivity index (χ0v) is 60.1. The first-order chi connectivity index (χ1) is 50.2. The lowest BCUT2D eigenvalue weighted by Crippen LogP contribution is -2.46. The summed E-state index contributed by atoms with van der Waals surface area (Å²) in [5.74, 6) is -9.76. The molecule has 1 fully saturated rings. The highest BCUT2D eigenvalue weighted by Gasteiger charge is 2.25. The molecule has 0 radical (unpaired) electrons. The summed E-state index contributed by atoms with van der Waals surface area (Å²) in [4.78, 5) is 37.9. The van der Waals surface area contributed by atoms with Crippen molar-refractivity contribution in [2.24, 2.45) is 0 Å². The SMILES string of the molecule is C[C@@H](NC(=O)CCOCCOCCOCCOCCOCCOCCOCCOCCOCCOCCOCCOCCOCCOCCOCCOCCOCCOCCOCCOCCOCCOCCOCCOCCOCCC(=O)Oc1c(F)c(F)cc(F)c1F)C(=O)N1CCCC1. The maximum Gasteiger partial charge on any atom is 0.313 e. The molecule has 598 valence electrons. The van der Waals surface area contributed by atoms with Gasteiger partial charge < -0.3 is 133 Å². The van der Waals surface area contributed by atoms with E-state index in [1.54, 1.807) is 11.8 Å². The third-order valence-corrected chi connectivity index (χ3v) is 13.3. The fourth-order valence-corrected chi connectivity index (χ4v) is 8.09. The molecular formula is C67H118F4N2O29. The van der Waals surface area contributed by atoms with Crippen LogP contribution in [0.25, 0.3) is 0 Å². The Bertz CT molecular complexity index is 2020. The number of hydrogen-bond acceptors (Lipinski definition) is 29. The number of carbonyl (C=O) groups excluding carboxylic acids is 3. The van der Waals surface area contributed by atoms with Crippen LogP contribution in [0, 0.1) is 23.3 Å². The van der Waals surface area contributed by atoms with Gasteiger partial charge in [-0.3, -0.25) is 14.4 Å². The molecule has 102 heavy (non-hydrogen) atoms. The molecule has 1 aliphatic heterocycles. The van der Waals surface area contributed by atoms with E-state index in [0.29, 0.717) is 297 Å². The van der Waals surface area contributed by atoms with Gasteiger partial charge >= 0.3 is 5.97 Å². The Labute approximate surface area is 598 Å². The van der Waals surface area contributed by atoms with Crippen molar-refractivity contribution in [1.29, 1.82) is 0 Å². The average Bonchev–Trinajstić information content (AvgIpc) is 1.05. The third kappa shape index (κ3) is 61.5. The molecule has 0 bridgehead atoms. The van der Waals surface area contributed by atoms with Crippen LogP contribution in [-0.2, 0) is 133 Å². The van der Waals surface area contributed by atoms with E-state index in [1.165, 1.54) is 0 Å². The van der Waals surface area contributed by atoms with Crippen LogP contribution in [0.15, 0.2) is 6.07 Å². The highest BCUT2D eigenvalue weighted by Crippen LogP contribution is 2.27. The van der Waals surface area contributed by atoms with Crippen LogP contribution in [0.2, 0.25) is 0 Å². The number of carbonyl (C=O) groups is 3. The Morgan fingerprint density at radius 3 is 0.676 bits per heavy atom. The normalized spacial score (nSPS) is 12.7. The van der Waals surface area contributed by atoms with Crippen molar-refractivity contribution < 1.29 is 155 Å². The second-order valence-electron chi connectivity index (χ2n) is 21.4. The minimum absolute atomic E-state index is 0.0156. The summed E-state index contributed by atoms with van der Waals surface area (Å²) >= 11 is 0. The van der Waals surface area contributed by atoms with Crippen LogP contribution in [0.1, 0.15) is 32.6 Å². The lowest BCUT2D eigenvalue weighted by Gasteiger charge is -2.21. The molecule has 0 unspecified atom stereocenters.